The van der Waals surface area contributed by atoms with Crippen LogP contribution in [-0.4, -0.2) is 32.8 Å². The molecule has 2 heterocycles. The zero-order valence-corrected chi connectivity index (χ0v) is 10.8. The Hall–Kier alpha value is -1.89. The van der Waals surface area contributed by atoms with Crippen LogP contribution in [0, 0.1) is 0 Å². The molecule has 0 N–H and O–H groups in total. The molecule has 0 fully saturated rings. The van der Waals surface area contributed by atoms with Crippen LogP contribution in [0.5, 0.6) is 0 Å². The summed E-state index contributed by atoms with van der Waals surface area (Å²) >= 11 is 1.54. The first kappa shape index (κ1) is 12.6. The average Bonchev–Trinajstić information content (AvgIpc) is 2.81. The van der Waals surface area contributed by atoms with Crippen molar-refractivity contribution in [2.45, 2.75) is 10.9 Å². The number of hydrogen-bond acceptors (Lipinski definition) is 6. The minimum absolute atomic E-state index is 0.380. The summed E-state index contributed by atoms with van der Waals surface area (Å²) in [6, 6.07) is 3.50. The predicted molar refractivity (Wildman–Crippen MR) is 66.1 cm³/mol. The second-order valence-corrected chi connectivity index (χ2v) is 4.43. The number of aryl methyl sites for hydroxylation is 1. The van der Waals surface area contributed by atoms with Gasteiger partial charge in [0.2, 0.25) is 0 Å². The molecule has 18 heavy (non-hydrogen) atoms. The van der Waals surface area contributed by atoms with E-state index in [-0.39, 0.29) is 5.97 Å². The molecule has 0 saturated heterocycles. The largest absolute Gasteiger partial charge is 0.465 e. The standard InChI is InChI=1S/C11H12N4O2S/c1-15-11(13-7-14-15)18-6-9-4-3-8(5-12-9)10(16)17-2/h3-5,7H,6H2,1-2H3. The van der Waals surface area contributed by atoms with Gasteiger partial charge in [-0.3, -0.25) is 4.98 Å². The van der Waals surface area contributed by atoms with E-state index in [0.717, 1.165) is 10.9 Å². The van der Waals surface area contributed by atoms with Gasteiger partial charge in [-0.2, -0.15) is 5.10 Å². The fraction of sp³-hybridized carbons (Fsp3) is 0.273. The summed E-state index contributed by atoms with van der Waals surface area (Å²) in [7, 11) is 3.18. The van der Waals surface area contributed by atoms with Crippen molar-refractivity contribution >= 4 is 17.7 Å². The van der Waals surface area contributed by atoms with E-state index in [1.54, 1.807) is 16.8 Å². The second-order valence-electron chi connectivity index (χ2n) is 3.48. The van der Waals surface area contributed by atoms with E-state index >= 15 is 0 Å². The summed E-state index contributed by atoms with van der Waals surface area (Å²) < 4.78 is 6.31. The van der Waals surface area contributed by atoms with Crippen LogP contribution in [0.2, 0.25) is 0 Å². The van der Waals surface area contributed by atoms with Crippen LogP contribution in [0.15, 0.2) is 29.8 Å². The van der Waals surface area contributed by atoms with Gasteiger partial charge >= 0.3 is 5.97 Å². The third-order valence-electron chi connectivity index (χ3n) is 2.26. The lowest BCUT2D eigenvalue weighted by Crippen LogP contribution is -2.02. The quantitative estimate of drug-likeness (QED) is 0.612. The van der Waals surface area contributed by atoms with Crippen molar-refractivity contribution in [1.82, 2.24) is 19.7 Å². The zero-order chi connectivity index (χ0) is 13.0. The van der Waals surface area contributed by atoms with Gasteiger partial charge in [0.05, 0.1) is 18.4 Å². The number of carbonyl (C=O) groups is 1. The first-order valence-electron chi connectivity index (χ1n) is 5.20. The monoisotopic (exact) mass is 264 g/mol. The van der Waals surface area contributed by atoms with Crippen LogP contribution in [0.25, 0.3) is 0 Å². The van der Waals surface area contributed by atoms with E-state index < -0.39 is 0 Å². The smallest absolute Gasteiger partial charge is 0.339 e. The molecule has 0 aliphatic heterocycles. The summed E-state index contributed by atoms with van der Waals surface area (Å²) in [5, 5.41) is 4.81. The molecule has 0 saturated carbocycles. The SMILES string of the molecule is COC(=O)c1ccc(CSc2ncnn2C)nc1. The highest BCUT2D eigenvalue weighted by Crippen LogP contribution is 2.18. The molecule has 2 aromatic heterocycles. The molecule has 7 heteroatoms. The number of methoxy groups -OCH3 is 1. The Kier molecular flexibility index (Phi) is 3.93. The maximum atomic E-state index is 11.2. The Morgan fingerprint density at radius 1 is 1.44 bits per heavy atom. The molecular formula is C11H12N4O2S. The number of thioether (sulfide) groups is 1. The van der Waals surface area contributed by atoms with Gasteiger partial charge in [0.25, 0.3) is 0 Å². The van der Waals surface area contributed by atoms with Crippen molar-refractivity contribution in [3.8, 4) is 0 Å². The Morgan fingerprint density at radius 3 is 2.83 bits per heavy atom. The van der Waals surface area contributed by atoms with Crippen molar-refractivity contribution < 1.29 is 9.53 Å². The summed E-state index contributed by atoms with van der Waals surface area (Å²) in [6.07, 6.45) is 3.02. The topological polar surface area (TPSA) is 69.9 Å². The molecule has 0 aliphatic carbocycles. The first-order valence-corrected chi connectivity index (χ1v) is 6.19. The van der Waals surface area contributed by atoms with Gasteiger partial charge in [0, 0.05) is 19.0 Å². The number of rotatable bonds is 4. The van der Waals surface area contributed by atoms with Crippen LogP contribution < -0.4 is 0 Å². The van der Waals surface area contributed by atoms with Crippen LogP contribution >= 0.6 is 11.8 Å². The molecule has 0 aliphatic rings. The maximum Gasteiger partial charge on any atom is 0.339 e. The molecule has 94 valence electrons. The molecular weight excluding hydrogens is 252 g/mol. The van der Waals surface area contributed by atoms with Crippen molar-refractivity contribution in [2.24, 2.45) is 7.05 Å². The summed E-state index contributed by atoms with van der Waals surface area (Å²) in [5.74, 6) is 0.295. The van der Waals surface area contributed by atoms with Gasteiger partial charge in [0.15, 0.2) is 5.16 Å². The van der Waals surface area contributed by atoms with Gasteiger partial charge in [-0.1, -0.05) is 11.8 Å². The number of pyridine rings is 1. The summed E-state index contributed by atoms with van der Waals surface area (Å²) in [4.78, 5) is 19.5. The van der Waals surface area contributed by atoms with Gasteiger partial charge < -0.3 is 4.74 Å². The van der Waals surface area contributed by atoms with E-state index in [1.165, 1.54) is 31.4 Å². The molecule has 2 aromatic rings. The Labute approximate surface area is 108 Å². The highest BCUT2D eigenvalue weighted by atomic mass is 32.2. The Balaban J connectivity index is 1.98. The van der Waals surface area contributed by atoms with Crippen molar-refractivity contribution in [2.75, 3.05) is 7.11 Å². The van der Waals surface area contributed by atoms with E-state index in [9.17, 15) is 4.79 Å². The van der Waals surface area contributed by atoms with Crippen LogP contribution in [0.4, 0.5) is 0 Å². The van der Waals surface area contributed by atoms with Gasteiger partial charge in [0.1, 0.15) is 6.33 Å². The second kappa shape index (κ2) is 5.63. The zero-order valence-electron chi connectivity index (χ0n) is 10.0. The van der Waals surface area contributed by atoms with Crippen molar-refractivity contribution in [1.29, 1.82) is 0 Å². The van der Waals surface area contributed by atoms with Gasteiger partial charge in [-0.15, -0.1) is 0 Å². The summed E-state index contributed by atoms with van der Waals surface area (Å²) in [6.45, 7) is 0. The van der Waals surface area contributed by atoms with Crippen LogP contribution in [0.1, 0.15) is 16.1 Å². The van der Waals surface area contributed by atoms with Gasteiger partial charge in [-0.25, -0.2) is 14.5 Å². The maximum absolute atomic E-state index is 11.2. The number of ether oxygens (including phenoxy) is 1. The van der Waals surface area contributed by atoms with E-state index in [4.69, 9.17) is 0 Å². The highest BCUT2D eigenvalue weighted by Gasteiger charge is 2.06. The van der Waals surface area contributed by atoms with Crippen molar-refractivity contribution in [3.63, 3.8) is 0 Å². The normalized spacial score (nSPS) is 10.3. The van der Waals surface area contributed by atoms with E-state index in [2.05, 4.69) is 19.8 Å². The molecule has 0 radical (unpaired) electrons. The lowest BCUT2D eigenvalue weighted by Gasteiger charge is -2.02. The lowest BCUT2D eigenvalue weighted by molar-refractivity contribution is 0.0600. The lowest BCUT2D eigenvalue weighted by atomic mass is 10.2. The Bertz CT molecular complexity index is 538. The predicted octanol–water partition coefficient (Wildman–Crippen LogP) is 1.29. The third-order valence-corrected chi connectivity index (χ3v) is 3.33. The molecule has 0 aromatic carbocycles. The summed E-state index contributed by atoms with van der Waals surface area (Å²) in [5.41, 5.74) is 1.32. The fourth-order valence-electron chi connectivity index (χ4n) is 1.30. The number of esters is 1. The third kappa shape index (κ3) is 2.86. The van der Waals surface area contributed by atoms with Crippen LogP contribution in [-0.2, 0) is 17.5 Å². The molecule has 0 unspecified atom stereocenters. The number of aromatic nitrogens is 4. The average molecular weight is 264 g/mol. The minimum Gasteiger partial charge on any atom is -0.465 e. The molecule has 0 amide bonds. The highest BCUT2D eigenvalue weighted by molar-refractivity contribution is 7.98. The van der Waals surface area contributed by atoms with E-state index in [0.29, 0.717) is 11.3 Å². The van der Waals surface area contributed by atoms with Crippen molar-refractivity contribution in [3.05, 3.63) is 35.9 Å². The number of carbonyl (C=O) groups excluding carboxylic acids is 1. The number of hydrogen-bond donors (Lipinski definition) is 0. The number of nitrogens with zero attached hydrogens (tertiary/aromatic N) is 4. The molecule has 6 nitrogen and oxygen atoms in total. The van der Waals surface area contributed by atoms with Gasteiger partial charge in [-0.05, 0) is 12.1 Å². The molecule has 0 atom stereocenters. The minimum atomic E-state index is -0.380. The van der Waals surface area contributed by atoms with E-state index in [1.807, 2.05) is 7.05 Å². The fourth-order valence-corrected chi connectivity index (χ4v) is 2.11. The molecule has 2 rings (SSSR count). The Morgan fingerprint density at radius 2 is 2.28 bits per heavy atom. The first-order chi connectivity index (χ1) is 8.70. The molecule has 0 spiro atoms. The molecule has 0 bridgehead atoms. The van der Waals surface area contributed by atoms with Crippen LogP contribution in [0.3, 0.4) is 0 Å².